The molecule has 0 unspecified atom stereocenters. The minimum absolute atomic E-state index is 1.17. The second-order valence-electron chi connectivity index (χ2n) is 5.34. The zero-order chi connectivity index (χ0) is 18.7. The largest absolute Gasteiger partial charge is 0.311 e. The van der Waals surface area contributed by atoms with Crippen LogP contribution in [0.2, 0.25) is 0 Å². The monoisotopic (exact) mass is 333 g/mol. The highest BCUT2D eigenvalue weighted by atomic mass is 15.1. The molecule has 0 aliphatic heterocycles. The van der Waals surface area contributed by atoms with E-state index in [1.54, 1.807) is 0 Å². The number of anilines is 3. The molecule has 132 valence electrons. The maximum Gasteiger partial charge on any atom is 0.0461 e. The zero-order valence-electron chi connectivity index (χ0n) is 16.5. The van der Waals surface area contributed by atoms with E-state index in [4.69, 9.17) is 0 Å². The maximum atomic E-state index is 2.28. The number of para-hydroxylation sites is 1. The Kier molecular flexibility index (Phi) is 9.10. The predicted octanol–water partition coefficient (Wildman–Crippen LogP) is 7.83. The van der Waals surface area contributed by atoms with Gasteiger partial charge in [0.05, 0.1) is 0 Å². The van der Waals surface area contributed by atoms with Crippen LogP contribution in [0.15, 0.2) is 78.9 Å². The summed E-state index contributed by atoms with van der Waals surface area (Å²) in [4.78, 5) is 2.28. The zero-order valence-corrected chi connectivity index (χ0v) is 16.5. The molecule has 0 atom stereocenters. The Labute approximate surface area is 154 Å². The summed E-state index contributed by atoms with van der Waals surface area (Å²) in [5, 5.41) is 0. The molecule has 0 radical (unpaired) electrons. The van der Waals surface area contributed by atoms with Crippen molar-refractivity contribution in [1.82, 2.24) is 0 Å². The number of benzene rings is 3. The number of nitrogens with zero attached hydrogens (tertiary/aromatic N) is 1. The summed E-state index contributed by atoms with van der Waals surface area (Å²) in [6.07, 6.45) is 0. The van der Waals surface area contributed by atoms with Gasteiger partial charge in [-0.2, -0.15) is 0 Å². The van der Waals surface area contributed by atoms with Gasteiger partial charge in [-0.15, -0.1) is 0 Å². The SMILES string of the molecule is CC.CC.Cc1ccc(N(c2ccccc2)c2ccc(C)cc2)cc1. The first-order chi connectivity index (χ1) is 12.2. The molecule has 0 saturated heterocycles. The molecule has 1 heteroatoms. The fourth-order valence-corrected chi connectivity index (χ4v) is 2.41. The van der Waals surface area contributed by atoms with Crippen LogP contribution >= 0.6 is 0 Å². The van der Waals surface area contributed by atoms with Gasteiger partial charge in [0.2, 0.25) is 0 Å². The number of rotatable bonds is 3. The fraction of sp³-hybridized carbons (Fsp3) is 0.250. The van der Waals surface area contributed by atoms with Crippen molar-refractivity contribution in [3.63, 3.8) is 0 Å². The van der Waals surface area contributed by atoms with Gasteiger partial charge in [-0.1, -0.05) is 81.3 Å². The van der Waals surface area contributed by atoms with Crippen LogP contribution in [-0.4, -0.2) is 0 Å². The Bertz CT molecular complexity index is 652. The van der Waals surface area contributed by atoms with Crippen molar-refractivity contribution in [2.24, 2.45) is 0 Å². The molecular weight excluding hydrogens is 302 g/mol. The quantitative estimate of drug-likeness (QED) is 0.472. The van der Waals surface area contributed by atoms with Crippen LogP contribution in [0.5, 0.6) is 0 Å². The van der Waals surface area contributed by atoms with Crippen LogP contribution in [0.3, 0.4) is 0 Å². The first-order valence-electron chi connectivity index (χ1n) is 9.22. The van der Waals surface area contributed by atoms with Crippen molar-refractivity contribution in [2.45, 2.75) is 41.5 Å². The molecule has 0 spiro atoms. The minimum Gasteiger partial charge on any atom is -0.311 e. The van der Waals surface area contributed by atoms with E-state index in [1.165, 1.54) is 28.2 Å². The minimum atomic E-state index is 1.17. The smallest absolute Gasteiger partial charge is 0.0461 e. The normalized spacial score (nSPS) is 9.20. The van der Waals surface area contributed by atoms with Crippen LogP contribution in [0.4, 0.5) is 17.1 Å². The van der Waals surface area contributed by atoms with Crippen molar-refractivity contribution in [3.05, 3.63) is 90.0 Å². The molecule has 0 N–H and O–H groups in total. The van der Waals surface area contributed by atoms with Crippen molar-refractivity contribution in [3.8, 4) is 0 Å². The Hall–Kier alpha value is -2.54. The molecule has 0 amide bonds. The Morgan fingerprint density at radius 3 is 1.12 bits per heavy atom. The molecule has 0 bridgehead atoms. The fourth-order valence-electron chi connectivity index (χ4n) is 2.41. The van der Waals surface area contributed by atoms with Gasteiger partial charge >= 0.3 is 0 Å². The maximum absolute atomic E-state index is 2.28. The van der Waals surface area contributed by atoms with Crippen LogP contribution in [-0.2, 0) is 0 Å². The molecule has 0 aromatic heterocycles. The Balaban J connectivity index is 0.000000730. The van der Waals surface area contributed by atoms with Gasteiger partial charge in [-0.25, -0.2) is 0 Å². The van der Waals surface area contributed by atoms with Crippen molar-refractivity contribution < 1.29 is 0 Å². The third-order valence-corrected chi connectivity index (χ3v) is 3.60. The summed E-state index contributed by atoms with van der Waals surface area (Å²) < 4.78 is 0. The van der Waals surface area contributed by atoms with Gasteiger partial charge in [0, 0.05) is 17.1 Å². The van der Waals surface area contributed by atoms with Crippen molar-refractivity contribution in [2.75, 3.05) is 4.90 Å². The van der Waals surface area contributed by atoms with Crippen LogP contribution in [0, 0.1) is 13.8 Å². The molecule has 1 nitrogen and oxygen atoms in total. The average Bonchev–Trinajstić information content (AvgIpc) is 2.69. The number of hydrogen-bond donors (Lipinski definition) is 0. The van der Waals surface area contributed by atoms with Crippen LogP contribution in [0.1, 0.15) is 38.8 Å². The number of aryl methyl sites for hydroxylation is 2. The predicted molar refractivity (Wildman–Crippen MR) is 113 cm³/mol. The Morgan fingerprint density at radius 1 is 0.440 bits per heavy atom. The van der Waals surface area contributed by atoms with Gasteiger partial charge in [0.25, 0.3) is 0 Å². The molecule has 3 aromatic rings. The number of hydrogen-bond acceptors (Lipinski definition) is 1. The molecule has 0 fully saturated rings. The highest BCUT2D eigenvalue weighted by molar-refractivity contribution is 5.76. The van der Waals surface area contributed by atoms with Crippen molar-refractivity contribution >= 4 is 17.1 Å². The molecule has 0 aliphatic carbocycles. The van der Waals surface area contributed by atoms with E-state index in [1.807, 2.05) is 33.8 Å². The average molecular weight is 334 g/mol. The Morgan fingerprint density at radius 2 is 0.760 bits per heavy atom. The van der Waals surface area contributed by atoms with E-state index in [9.17, 15) is 0 Å². The lowest BCUT2D eigenvalue weighted by atomic mass is 10.1. The lowest BCUT2D eigenvalue weighted by Crippen LogP contribution is -2.09. The summed E-state index contributed by atoms with van der Waals surface area (Å²) in [6.45, 7) is 12.2. The van der Waals surface area contributed by atoms with Crippen LogP contribution < -0.4 is 4.90 Å². The molecule has 25 heavy (non-hydrogen) atoms. The second kappa shape index (κ2) is 11.1. The van der Waals surface area contributed by atoms with Gasteiger partial charge < -0.3 is 4.90 Å². The van der Waals surface area contributed by atoms with Crippen molar-refractivity contribution in [1.29, 1.82) is 0 Å². The van der Waals surface area contributed by atoms with E-state index >= 15 is 0 Å². The lowest BCUT2D eigenvalue weighted by molar-refractivity contribution is 1.27. The summed E-state index contributed by atoms with van der Waals surface area (Å²) in [7, 11) is 0. The lowest BCUT2D eigenvalue weighted by Gasteiger charge is -2.25. The highest BCUT2D eigenvalue weighted by Gasteiger charge is 2.11. The third-order valence-electron chi connectivity index (χ3n) is 3.60. The third kappa shape index (κ3) is 5.79. The summed E-state index contributed by atoms with van der Waals surface area (Å²) in [5.74, 6) is 0. The molecule has 0 heterocycles. The first kappa shape index (κ1) is 20.5. The second-order valence-corrected chi connectivity index (χ2v) is 5.34. The molecule has 0 saturated carbocycles. The molecular formula is C24H31N. The van der Waals surface area contributed by atoms with Gasteiger partial charge in [0.1, 0.15) is 0 Å². The van der Waals surface area contributed by atoms with E-state index in [0.29, 0.717) is 0 Å². The summed E-state index contributed by atoms with van der Waals surface area (Å²) in [5.41, 5.74) is 6.07. The first-order valence-corrected chi connectivity index (χ1v) is 9.22. The topological polar surface area (TPSA) is 3.24 Å². The summed E-state index contributed by atoms with van der Waals surface area (Å²) >= 11 is 0. The molecule has 0 aliphatic rings. The van der Waals surface area contributed by atoms with E-state index in [-0.39, 0.29) is 0 Å². The highest BCUT2D eigenvalue weighted by Crippen LogP contribution is 2.34. The van der Waals surface area contributed by atoms with Gasteiger partial charge in [0.15, 0.2) is 0 Å². The molecule has 3 aromatic carbocycles. The van der Waals surface area contributed by atoms with E-state index in [0.717, 1.165) is 0 Å². The van der Waals surface area contributed by atoms with E-state index in [2.05, 4.69) is 91.5 Å². The van der Waals surface area contributed by atoms with Gasteiger partial charge in [-0.3, -0.25) is 0 Å². The summed E-state index contributed by atoms with van der Waals surface area (Å²) in [6, 6.07) is 27.8. The van der Waals surface area contributed by atoms with Gasteiger partial charge in [-0.05, 0) is 50.2 Å². The van der Waals surface area contributed by atoms with E-state index < -0.39 is 0 Å². The van der Waals surface area contributed by atoms with Crippen LogP contribution in [0.25, 0.3) is 0 Å². The standard InChI is InChI=1S/C20H19N.2C2H6/c1-16-8-12-19(13-9-16)21(18-6-4-3-5-7-18)20-14-10-17(2)11-15-20;2*1-2/h3-15H,1-2H3;2*1-2H3. The molecule has 3 rings (SSSR count).